The van der Waals surface area contributed by atoms with Crippen molar-refractivity contribution in [2.45, 2.75) is 37.6 Å². The summed E-state index contributed by atoms with van der Waals surface area (Å²) in [6.07, 6.45) is 2.08. The van der Waals surface area contributed by atoms with E-state index in [2.05, 4.69) is 35.3 Å². The van der Waals surface area contributed by atoms with Gasteiger partial charge in [-0.3, -0.25) is 4.79 Å². The van der Waals surface area contributed by atoms with Gasteiger partial charge in [-0.15, -0.1) is 0 Å². The largest absolute Gasteiger partial charge is 0.362 e. The van der Waals surface area contributed by atoms with Crippen LogP contribution in [0.5, 0.6) is 0 Å². The van der Waals surface area contributed by atoms with Gasteiger partial charge in [0.25, 0.3) is 0 Å². The Morgan fingerprint density at radius 3 is 2.59 bits per heavy atom. The lowest BCUT2D eigenvalue weighted by molar-refractivity contribution is -0.120. The second-order valence-electron chi connectivity index (χ2n) is 7.06. The van der Waals surface area contributed by atoms with Crippen LogP contribution in [0.3, 0.4) is 0 Å². The Kier molecular flexibility index (Phi) is 5.53. The molecule has 7 heteroatoms. The number of hydrogen-bond acceptors (Lipinski definition) is 4. The molecule has 0 fully saturated rings. The van der Waals surface area contributed by atoms with Crippen molar-refractivity contribution in [1.29, 1.82) is 0 Å². The summed E-state index contributed by atoms with van der Waals surface area (Å²) in [6.45, 7) is 5.11. The summed E-state index contributed by atoms with van der Waals surface area (Å²) in [5.41, 5.74) is 4.48. The summed E-state index contributed by atoms with van der Waals surface area (Å²) >= 11 is 0. The molecule has 0 aliphatic carbocycles. The van der Waals surface area contributed by atoms with Crippen molar-refractivity contribution in [3.05, 3.63) is 59.2 Å². The van der Waals surface area contributed by atoms with E-state index in [1.807, 2.05) is 6.92 Å². The lowest BCUT2D eigenvalue weighted by Gasteiger charge is -2.31. The Bertz CT molecular complexity index is 939. The van der Waals surface area contributed by atoms with Crippen molar-refractivity contribution in [2.24, 2.45) is 5.14 Å². The molecule has 1 aliphatic rings. The van der Waals surface area contributed by atoms with Gasteiger partial charge in [-0.1, -0.05) is 29.8 Å². The zero-order valence-corrected chi connectivity index (χ0v) is 16.4. The number of amides is 1. The number of nitrogens with zero attached hydrogens (tertiary/aromatic N) is 1. The molecule has 0 saturated carbocycles. The molecule has 1 aliphatic heterocycles. The minimum atomic E-state index is -3.71. The van der Waals surface area contributed by atoms with Crippen LogP contribution in [0.4, 0.5) is 5.69 Å². The molecule has 2 aromatic rings. The molecule has 0 saturated heterocycles. The zero-order chi connectivity index (χ0) is 19.6. The van der Waals surface area contributed by atoms with E-state index in [4.69, 9.17) is 5.14 Å². The molecular formula is C20H25N3O3S. The van der Waals surface area contributed by atoms with Gasteiger partial charge in [0.2, 0.25) is 15.9 Å². The number of benzene rings is 2. The number of rotatable bonds is 5. The lowest BCUT2D eigenvalue weighted by Crippen LogP contribution is -2.40. The number of nitrogens with one attached hydrogen (secondary N) is 1. The van der Waals surface area contributed by atoms with Crippen LogP contribution in [-0.2, 0) is 21.2 Å². The molecule has 1 heterocycles. The number of anilines is 1. The first-order valence-corrected chi connectivity index (χ1v) is 10.6. The Labute approximate surface area is 160 Å². The van der Waals surface area contributed by atoms with E-state index in [9.17, 15) is 13.2 Å². The molecule has 3 N–H and O–H groups in total. The van der Waals surface area contributed by atoms with Gasteiger partial charge < -0.3 is 10.2 Å². The van der Waals surface area contributed by atoms with Crippen molar-refractivity contribution in [3.63, 3.8) is 0 Å². The average molecular weight is 388 g/mol. The highest BCUT2D eigenvalue weighted by Gasteiger charge is 2.20. The molecule has 1 atom stereocenters. The molecule has 0 bridgehead atoms. The first-order valence-electron chi connectivity index (χ1n) is 9.00. The van der Waals surface area contributed by atoms with Crippen LogP contribution in [0.15, 0.2) is 47.4 Å². The summed E-state index contributed by atoms with van der Waals surface area (Å²) in [5.74, 6) is -0.0635. The number of nitrogens with two attached hydrogens (primary N) is 1. The second-order valence-corrected chi connectivity index (χ2v) is 8.62. The fourth-order valence-corrected chi connectivity index (χ4v) is 3.97. The highest BCUT2D eigenvalue weighted by Crippen LogP contribution is 2.27. The summed E-state index contributed by atoms with van der Waals surface area (Å²) in [5, 5.41) is 8.10. The fraction of sp³-hybridized carbons (Fsp3) is 0.350. The van der Waals surface area contributed by atoms with Crippen LogP contribution in [0.25, 0.3) is 0 Å². The lowest BCUT2D eigenvalue weighted by atomic mass is 9.99. The minimum absolute atomic E-state index is 0.0602. The SMILES string of the molecule is Cc1ccc2c(c1)CCCN2CC(=O)N[C@H](C)c1ccc(S(N)(=O)=O)cc1. The molecule has 0 aromatic heterocycles. The molecule has 27 heavy (non-hydrogen) atoms. The minimum Gasteiger partial charge on any atom is -0.362 e. The zero-order valence-electron chi connectivity index (χ0n) is 15.6. The molecule has 1 amide bonds. The van der Waals surface area contributed by atoms with Crippen LogP contribution in [-0.4, -0.2) is 27.4 Å². The number of carbonyl (C=O) groups excluding carboxylic acids is 1. The van der Waals surface area contributed by atoms with Gasteiger partial charge in [-0.05, 0) is 56.0 Å². The van der Waals surface area contributed by atoms with Crippen LogP contribution in [0, 0.1) is 6.92 Å². The predicted molar refractivity (Wildman–Crippen MR) is 106 cm³/mol. The van der Waals surface area contributed by atoms with Crippen molar-refractivity contribution in [1.82, 2.24) is 5.32 Å². The van der Waals surface area contributed by atoms with Crippen molar-refractivity contribution in [3.8, 4) is 0 Å². The van der Waals surface area contributed by atoms with Gasteiger partial charge in [0.1, 0.15) is 0 Å². The quantitative estimate of drug-likeness (QED) is 0.823. The predicted octanol–water partition coefficient (Wildman–Crippen LogP) is 2.27. The molecular weight excluding hydrogens is 362 g/mol. The highest BCUT2D eigenvalue weighted by molar-refractivity contribution is 7.89. The number of sulfonamides is 1. The van der Waals surface area contributed by atoms with Gasteiger partial charge in [-0.25, -0.2) is 13.6 Å². The van der Waals surface area contributed by atoms with E-state index in [0.29, 0.717) is 6.54 Å². The first kappa shape index (κ1) is 19.4. The number of primary sulfonamides is 1. The van der Waals surface area contributed by atoms with Gasteiger partial charge in [-0.2, -0.15) is 0 Å². The van der Waals surface area contributed by atoms with E-state index < -0.39 is 10.0 Å². The summed E-state index contributed by atoms with van der Waals surface area (Å²) in [6, 6.07) is 12.4. The number of aryl methyl sites for hydroxylation is 2. The Balaban J connectivity index is 1.64. The summed E-state index contributed by atoms with van der Waals surface area (Å²) in [7, 11) is -3.71. The molecule has 144 valence electrons. The van der Waals surface area contributed by atoms with E-state index in [1.54, 1.807) is 12.1 Å². The molecule has 0 radical (unpaired) electrons. The highest BCUT2D eigenvalue weighted by atomic mass is 32.2. The molecule has 6 nitrogen and oxygen atoms in total. The van der Waals surface area contributed by atoms with Crippen molar-refractivity contribution in [2.75, 3.05) is 18.0 Å². The van der Waals surface area contributed by atoms with Crippen LogP contribution >= 0.6 is 0 Å². The monoisotopic (exact) mass is 387 g/mol. The molecule has 0 spiro atoms. The van der Waals surface area contributed by atoms with E-state index >= 15 is 0 Å². The van der Waals surface area contributed by atoms with Crippen LogP contribution in [0.2, 0.25) is 0 Å². The summed E-state index contributed by atoms with van der Waals surface area (Å²) in [4.78, 5) is 14.7. The van der Waals surface area contributed by atoms with Gasteiger partial charge in [0.05, 0.1) is 17.5 Å². The van der Waals surface area contributed by atoms with Crippen molar-refractivity contribution >= 4 is 21.6 Å². The maximum Gasteiger partial charge on any atom is 0.239 e. The topological polar surface area (TPSA) is 92.5 Å². The molecule has 2 aromatic carbocycles. The normalized spacial score (nSPS) is 15.1. The van der Waals surface area contributed by atoms with Crippen LogP contribution < -0.4 is 15.4 Å². The third kappa shape index (κ3) is 4.67. The third-order valence-corrected chi connectivity index (χ3v) is 5.80. The Morgan fingerprint density at radius 1 is 1.22 bits per heavy atom. The number of fused-ring (bicyclic) bond motifs is 1. The van der Waals surface area contributed by atoms with Crippen LogP contribution in [0.1, 0.15) is 36.1 Å². The summed E-state index contributed by atoms with van der Waals surface area (Å²) < 4.78 is 22.7. The maximum absolute atomic E-state index is 12.5. The smallest absolute Gasteiger partial charge is 0.239 e. The van der Waals surface area contributed by atoms with E-state index in [1.165, 1.54) is 23.3 Å². The van der Waals surface area contributed by atoms with Crippen molar-refractivity contribution < 1.29 is 13.2 Å². The third-order valence-electron chi connectivity index (χ3n) is 4.87. The molecule has 0 unspecified atom stereocenters. The standard InChI is InChI=1S/C20H25N3O3S/c1-14-5-10-19-17(12-14)4-3-11-23(19)13-20(24)22-15(2)16-6-8-18(9-7-16)27(21,25)26/h5-10,12,15H,3-4,11,13H2,1-2H3,(H,22,24)(H2,21,25,26)/t15-/m1/s1. The van der Waals surface area contributed by atoms with E-state index in [0.717, 1.165) is 30.6 Å². The Hall–Kier alpha value is -2.38. The van der Waals surface area contributed by atoms with Gasteiger partial charge >= 0.3 is 0 Å². The van der Waals surface area contributed by atoms with E-state index in [-0.39, 0.29) is 16.8 Å². The first-order chi connectivity index (χ1) is 12.7. The second kappa shape index (κ2) is 7.70. The average Bonchev–Trinajstić information content (AvgIpc) is 2.61. The number of carbonyl (C=O) groups is 1. The number of hydrogen-bond donors (Lipinski definition) is 2. The Morgan fingerprint density at radius 2 is 1.93 bits per heavy atom. The maximum atomic E-state index is 12.5. The van der Waals surface area contributed by atoms with Gasteiger partial charge in [0.15, 0.2) is 0 Å². The molecule has 3 rings (SSSR count). The fourth-order valence-electron chi connectivity index (χ4n) is 3.46. The van der Waals surface area contributed by atoms with Gasteiger partial charge in [0, 0.05) is 12.2 Å².